The Hall–Kier alpha value is -2.75. The fraction of sp³-hybridized carbons (Fsp3) is 0.286. The van der Waals surface area contributed by atoms with Crippen LogP contribution >= 0.6 is 0 Å². The molecule has 0 saturated carbocycles. The van der Waals surface area contributed by atoms with Gasteiger partial charge in [-0.05, 0) is 55.2 Å². The van der Waals surface area contributed by atoms with Crippen molar-refractivity contribution in [3.63, 3.8) is 0 Å². The van der Waals surface area contributed by atoms with Gasteiger partial charge < -0.3 is 0 Å². The average molecular weight is 330 g/mol. The summed E-state index contributed by atoms with van der Waals surface area (Å²) < 4.78 is 2.24. The number of rotatable bonds is 3. The van der Waals surface area contributed by atoms with E-state index in [-0.39, 0.29) is 0 Å². The molecule has 25 heavy (non-hydrogen) atoms. The van der Waals surface area contributed by atoms with Crippen LogP contribution < -0.4 is 0 Å². The maximum Gasteiger partial charge on any atom is 0.135 e. The molecular formula is C21H22N4. The summed E-state index contributed by atoms with van der Waals surface area (Å²) in [5.41, 5.74) is 8.10. The predicted octanol–water partition coefficient (Wildman–Crippen LogP) is 4.05. The molecule has 0 amide bonds. The number of benzene rings is 1. The van der Waals surface area contributed by atoms with E-state index < -0.39 is 0 Å². The lowest BCUT2D eigenvalue weighted by Gasteiger charge is -2.17. The molecule has 126 valence electrons. The van der Waals surface area contributed by atoms with Crippen molar-refractivity contribution < 1.29 is 0 Å². The number of nitrogens with zero attached hydrogens (tertiary/aromatic N) is 4. The van der Waals surface area contributed by atoms with Crippen LogP contribution in [0.5, 0.6) is 0 Å². The summed E-state index contributed by atoms with van der Waals surface area (Å²) in [6, 6.07) is 10.6. The van der Waals surface area contributed by atoms with Gasteiger partial charge in [-0.3, -0.25) is 14.5 Å². The van der Waals surface area contributed by atoms with Crippen LogP contribution in [0.2, 0.25) is 0 Å². The van der Waals surface area contributed by atoms with Crippen molar-refractivity contribution >= 4 is 5.71 Å². The van der Waals surface area contributed by atoms with E-state index in [9.17, 15) is 0 Å². The molecule has 0 bridgehead atoms. The SMILES string of the molecule is CCc1cc2c(cc1CC)-n1c(C)cnc1CN=C2c1ccccn1. The monoisotopic (exact) mass is 330 g/mol. The van der Waals surface area contributed by atoms with Crippen molar-refractivity contribution in [1.82, 2.24) is 14.5 Å². The number of aromatic nitrogens is 3. The summed E-state index contributed by atoms with van der Waals surface area (Å²) in [4.78, 5) is 14.0. The van der Waals surface area contributed by atoms with Crippen molar-refractivity contribution in [2.75, 3.05) is 0 Å². The Balaban J connectivity index is 2.03. The summed E-state index contributed by atoms with van der Waals surface area (Å²) in [5, 5.41) is 0. The van der Waals surface area contributed by atoms with Gasteiger partial charge in [-0.2, -0.15) is 0 Å². The molecule has 2 aromatic heterocycles. The van der Waals surface area contributed by atoms with Gasteiger partial charge in [-0.15, -0.1) is 0 Å². The molecule has 1 aromatic carbocycles. The minimum Gasteiger partial charge on any atom is -0.299 e. The summed E-state index contributed by atoms with van der Waals surface area (Å²) in [6.07, 6.45) is 5.80. The number of pyridine rings is 1. The third kappa shape index (κ3) is 2.58. The third-order valence-corrected chi connectivity index (χ3v) is 4.87. The molecule has 1 aliphatic heterocycles. The maximum absolute atomic E-state index is 4.89. The number of aliphatic imine (C=N–C) groups is 1. The molecule has 0 radical (unpaired) electrons. The van der Waals surface area contributed by atoms with Crippen molar-refractivity contribution in [3.05, 3.63) is 76.6 Å². The van der Waals surface area contributed by atoms with Crippen LogP contribution in [0.15, 0.2) is 47.7 Å². The highest BCUT2D eigenvalue weighted by molar-refractivity contribution is 6.14. The number of hydrogen-bond donors (Lipinski definition) is 0. The van der Waals surface area contributed by atoms with E-state index in [1.54, 1.807) is 0 Å². The zero-order chi connectivity index (χ0) is 17.4. The zero-order valence-corrected chi connectivity index (χ0v) is 15.0. The van der Waals surface area contributed by atoms with Gasteiger partial charge in [-0.1, -0.05) is 19.9 Å². The molecule has 0 fully saturated rings. The molecular weight excluding hydrogens is 308 g/mol. The Bertz CT molecular complexity index is 952. The fourth-order valence-electron chi connectivity index (χ4n) is 3.59. The molecule has 1 aliphatic rings. The molecule has 3 aromatic rings. The second kappa shape index (κ2) is 6.28. The van der Waals surface area contributed by atoms with Crippen molar-refractivity contribution in [2.45, 2.75) is 40.2 Å². The first-order chi connectivity index (χ1) is 12.2. The first kappa shape index (κ1) is 15.8. The highest BCUT2D eigenvalue weighted by atomic mass is 15.1. The Morgan fingerprint density at radius 2 is 1.84 bits per heavy atom. The van der Waals surface area contributed by atoms with E-state index in [2.05, 4.69) is 47.4 Å². The van der Waals surface area contributed by atoms with E-state index in [1.807, 2.05) is 30.6 Å². The number of imidazole rings is 1. The van der Waals surface area contributed by atoms with Crippen LogP contribution in [0.4, 0.5) is 0 Å². The second-order valence-corrected chi connectivity index (χ2v) is 6.38. The number of fused-ring (bicyclic) bond motifs is 3. The van der Waals surface area contributed by atoms with Gasteiger partial charge in [-0.25, -0.2) is 4.98 Å². The fourth-order valence-corrected chi connectivity index (χ4v) is 3.59. The van der Waals surface area contributed by atoms with E-state index in [0.29, 0.717) is 6.54 Å². The normalized spacial score (nSPS) is 13.0. The summed E-state index contributed by atoms with van der Waals surface area (Å²) in [7, 11) is 0. The first-order valence-corrected chi connectivity index (χ1v) is 8.88. The molecule has 4 rings (SSSR count). The van der Waals surface area contributed by atoms with Crippen LogP contribution in [0.1, 0.15) is 47.8 Å². The van der Waals surface area contributed by atoms with Gasteiger partial charge in [0, 0.05) is 23.7 Å². The van der Waals surface area contributed by atoms with Gasteiger partial charge in [0.1, 0.15) is 5.82 Å². The molecule has 3 heterocycles. The van der Waals surface area contributed by atoms with Crippen LogP contribution in [0.25, 0.3) is 5.69 Å². The molecule has 0 saturated heterocycles. The van der Waals surface area contributed by atoms with E-state index in [4.69, 9.17) is 4.99 Å². The topological polar surface area (TPSA) is 43.1 Å². The van der Waals surface area contributed by atoms with Crippen LogP contribution in [0.3, 0.4) is 0 Å². The Morgan fingerprint density at radius 3 is 2.56 bits per heavy atom. The van der Waals surface area contributed by atoms with Gasteiger partial charge in [0.2, 0.25) is 0 Å². The minimum absolute atomic E-state index is 0.567. The molecule has 0 atom stereocenters. The van der Waals surface area contributed by atoms with Crippen molar-refractivity contribution in [3.8, 4) is 5.69 Å². The lowest BCUT2D eigenvalue weighted by Crippen LogP contribution is -2.11. The van der Waals surface area contributed by atoms with E-state index in [1.165, 1.54) is 16.8 Å². The number of aryl methyl sites for hydroxylation is 3. The smallest absolute Gasteiger partial charge is 0.135 e. The minimum atomic E-state index is 0.567. The molecule has 0 N–H and O–H groups in total. The highest BCUT2D eigenvalue weighted by Crippen LogP contribution is 2.29. The zero-order valence-electron chi connectivity index (χ0n) is 15.0. The molecule has 0 spiro atoms. The van der Waals surface area contributed by atoms with Crippen molar-refractivity contribution in [1.29, 1.82) is 0 Å². The summed E-state index contributed by atoms with van der Waals surface area (Å²) in [6.45, 7) is 7.10. The van der Waals surface area contributed by atoms with Crippen LogP contribution in [-0.2, 0) is 19.4 Å². The maximum atomic E-state index is 4.89. The second-order valence-electron chi connectivity index (χ2n) is 6.38. The highest BCUT2D eigenvalue weighted by Gasteiger charge is 2.22. The predicted molar refractivity (Wildman–Crippen MR) is 101 cm³/mol. The van der Waals surface area contributed by atoms with Gasteiger partial charge >= 0.3 is 0 Å². The van der Waals surface area contributed by atoms with Gasteiger partial charge in [0.25, 0.3) is 0 Å². The molecule has 0 aliphatic carbocycles. The number of hydrogen-bond acceptors (Lipinski definition) is 3. The standard InChI is InChI=1S/C21H22N4/c1-4-15-10-17-19(11-16(15)5-2)25-14(3)12-23-20(25)13-24-21(17)18-8-6-7-9-22-18/h6-12H,4-5,13H2,1-3H3. The lowest BCUT2D eigenvalue weighted by molar-refractivity contribution is 0.860. The third-order valence-electron chi connectivity index (χ3n) is 4.87. The van der Waals surface area contributed by atoms with E-state index in [0.717, 1.165) is 41.3 Å². The molecule has 0 unspecified atom stereocenters. The quantitative estimate of drug-likeness (QED) is 0.727. The Labute approximate surface area is 148 Å². The van der Waals surface area contributed by atoms with Crippen LogP contribution in [-0.4, -0.2) is 20.2 Å². The summed E-state index contributed by atoms with van der Waals surface area (Å²) >= 11 is 0. The van der Waals surface area contributed by atoms with Crippen LogP contribution in [0, 0.1) is 6.92 Å². The Kier molecular flexibility index (Phi) is 3.96. The molecule has 4 nitrogen and oxygen atoms in total. The lowest BCUT2D eigenvalue weighted by atomic mass is 9.94. The Morgan fingerprint density at radius 1 is 1.04 bits per heavy atom. The van der Waals surface area contributed by atoms with Gasteiger partial charge in [0.15, 0.2) is 0 Å². The summed E-state index contributed by atoms with van der Waals surface area (Å²) in [5.74, 6) is 0.982. The largest absolute Gasteiger partial charge is 0.299 e. The van der Waals surface area contributed by atoms with Gasteiger partial charge in [0.05, 0.1) is 23.6 Å². The first-order valence-electron chi connectivity index (χ1n) is 8.88. The van der Waals surface area contributed by atoms with E-state index >= 15 is 0 Å². The molecule has 4 heteroatoms. The average Bonchev–Trinajstić information content (AvgIpc) is 2.94. The van der Waals surface area contributed by atoms with Crippen molar-refractivity contribution in [2.24, 2.45) is 4.99 Å².